The quantitative estimate of drug-likeness (QED) is 0.821. The van der Waals surface area contributed by atoms with Gasteiger partial charge in [-0.3, -0.25) is 9.88 Å². The van der Waals surface area contributed by atoms with Crippen molar-refractivity contribution in [3.05, 3.63) is 38.9 Å². The lowest BCUT2D eigenvalue weighted by atomic mass is 10.3. The smallest absolute Gasteiger partial charge is 0.144 e. The van der Waals surface area contributed by atoms with E-state index in [1.54, 1.807) is 17.5 Å². The summed E-state index contributed by atoms with van der Waals surface area (Å²) in [6.07, 6.45) is 4.74. The second-order valence-electron chi connectivity index (χ2n) is 4.72. The van der Waals surface area contributed by atoms with Crippen LogP contribution < -0.4 is 5.32 Å². The minimum absolute atomic E-state index is 0.802. The van der Waals surface area contributed by atoms with Crippen molar-refractivity contribution in [1.29, 1.82) is 0 Å². The van der Waals surface area contributed by atoms with E-state index in [0.29, 0.717) is 0 Å². The van der Waals surface area contributed by atoms with E-state index in [1.807, 2.05) is 6.20 Å². The average Bonchev–Trinajstić information content (AvgIpc) is 2.83. The molecule has 0 atom stereocenters. The van der Waals surface area contributed by atoms with Gasteiger partial charge in [0.2, 0.25) is 0 Å². The molecule has 0 saturated carbocycles. The molecule has 0 aromatic carbocycles. The fourth-order valence-corrected chi connectivity index (χ4v) is 3.35. The van der Waals surface area contributed by atoms with Gasteiger partial charge in [0.25, 0.3) is 0 Å². The van der Waals surface area contributed by atoms with Gasteiger partial charge in [0.05, 0.1) is 18.1 Å². The third kappa shape index (κ3) is 4.85. The number of aromatic nitrogens is 2. The van der Waals surface area contributed by atoms with Gasteiger partial charge in [-0.15, -0.1) is 11.3 Å². The van der Waals surface area contributed by atoms with Crippen LogP contribution in [0.5, 0.6) is 0 Å². The first-order valence-corrected chi connectivity index (χ1v) is 8.31. The standard InChI is InChI=1S/C14H19BrN4S/c1-3-4-16-14-7-17-12(6-18-14)8-19(2)9-13-5-11(15)10-20-13/h5-7,10H,3-4,8-9H2,1-2H3,(H,16,18). The number of hydrogen-bond acceptors (Lipinski definition) is 5. The van der Waals surface area contributed by atoms with E-state index in [-0.39, 0.29) is 0 Å². The molecule has 1 N–H and O–H groups in total. The molecule has 0 spiro atoms. The van der Waals surface area contributed by atoms with E-state index in [0.717, 1.165) is 42.0 Å². The van der Waals surface area contributed by atoms with Crippen LogP contribution in [0.1, 0.15) is 23.9 Å². The molecule has 2 heterocycles. The molecule has 0 fully saturated rings. The summed E-state index contributed by atoms with van der Waals surface area (Å²) in [5, 5.41) is 5.33. The fourth-order valence-electron chi connectivity index (χ4n) is 1.82. The van der Waals surface area contributed by atoms with Crippen LogP contribution in [-0.4, -0.2) is 28.5 Å². The van der Waals surface area contributed by atoms with Crippen molar-refractivity contribution in [2.24, 2.45) is 0 Å². The zero-order valence-electron chi connectivity index (χ0n) is 11.8. The molecule has 2 aromatic heterocycles. The van der Waals surface area contributed by atoms with Gasteiger partial charge in [-0.25, -0.2) is 4.98 Å². The summed E-state index contributed by atoms with van der Waals surface area (Å²) < 4.78 is 1.15. The molecule has 6 heteroatoms. The summed E-state index contributed by atoms with van der Waals surface area (Å²) in [6.45, 7) is 4.79. The zero-order valence-corrected chi connectivity index (χ0v) is 14.2. The molecule has 2 rings (SSSR count). The van der Waals surface area contributed by atoms with Gasteiger partial charge in [-0.2, -0.15) is 0 Å². The summed E-state index contributed by atoms with van der Waals surface area (Å²) in [6, 6.07) is 2.16. The van der Waals surface area contributed by atoms with E-state index in [4.69, 9.17) is 0 Å². The molecule has 4 nitrogen and oxygen atoms in total. The van der Waals surface area contributed by atoms with E-state index in [1.165, 1.54) is 4.88 Å². The van der Waals surface area contributed by atoms with Crippen molar-refractivity contribution in [2.45, 2.75) is 26.4 Å². The predicted molar refractivity (Wildman–Crippen MR) is 88.0 cm³/mol. The maximum Gasteiger partial charge on any atom is 0.144 e. The van der Waals surface area contributed by atoms with E-state index < -0.39 is 0 Å². The van der Waals surface area contributed by atoms with E-state index in [2.05, 4.69) is 61.5 Å². The fraction of sp³-hybridized carbons (Fsp3) is 0.429. The Bertz CT molecular complexity index is 526. The molecule has 2 aromatic rings. The molecular formula is C14H19BrN4S. The lowest BCUT2D eigenvalue weighted by Crippen LogP contribution is -2.17. The molecule has 0 bridgehead atoms. The Morgan fingerprint density at radius 1 is 1.30 bits per heavy atom. The predicted octanol–water partition coefficient (Wildman–Crippen LogP) is 3.75. The highest BCUT2D eigenvalue weighted by Crippen LogP contribution is 2.21. The number of thiophene rings is 1. The maximum atomic E-state index is 4.45. The molecule has 0 aliphatic carbocycles. The second-order valence-corrected chi connectivity index (χ2v) is 6.63. The summed E-state index contributed by atoms with van der Waals surface area (Å²) in [7, 11) is 2.10. The summed E-state index contributed by atoms with van der Waals surface area (Å²) in [5.74, 6) is 0.848. The third-order valence-electron chi connectivity index (χ3n) is 2.74. The van der Waals surface area contributed by atoms with Crippen molar-refractivity contribution in [1.82, 2.24) is 14.9 Å². The van der Waals surface area contributed by atoms with Gasteiger partial charge in [0.15, 0.2) is 0 Å². The third-order valence-corrected chi connectivity index (χ3v) is 4.42. The molecule has 0 saturated heterocycles. The maximum absolute atomic E-state index is 4.45. The highest BCUT2D eigenvalue weighted by molar-refractivity contribution is 9.10. The first-order chi connectivity index (χ1) is 9.67. The van der Waals surface area contributed by atoms with Crippen LogP contribution in [0.2, 0.25) is 0 Å². The topological polar surface area (TPSA) is 41.1 Å². The molecule has 20 heavy (non-hydrogen) atoms. The van der Waals surface area contributed by atoms with Crippen molar-refractivity contribution in [3.8, 4) is 0 Å². The van der Waals surface area contributed by atoms with Crippen LogP contribution in [0, 0.1) is 0 Å². The summed E-state index contributed by atoms with van der Waals surface area (Å²) in [5.41, 5.74) is 0.991. The van der Waals surface area contributed by atoms with Crippen molar-refractivity contribution < 1.29 is 0 Å². The Kier molecular flexibility index (Phi) is 5.94. The minimum atomic E-state index is 0.802. The van der Waals surface area contributed by atoms with Crippen molar-refractivity contribution in [3.63, 3.8) is 0 Å². The number of rotatable bonds is 7. The van der Waals surface area contributed by atoms with E-state index in [9.17, 15) is 0 Å². The second kappa shape index (κ2) is 7.71. The lowest BCUT2D eigenvalue weighted by Gasteiger charge is -2.15. The minimum Gasteiger partial charge on any atom is -0.369 e. The monoisotopic (exact) mass is 354 g/mol. The van der Waals surface area contributed by atoms with Crippen LogP contribution in [0.4, 0.5) is 5.82 Å². The average molecular weight is 355 g/mol. The Labute approximate surface area is 132 Å². The van der Waals surface area contributed by atoms with E-state index >= 15 is 0 Å². The Balaban J connectivity index is 1.85. The SMILES string of the molecule is CCCNc1cnc(CN(C)Cc2cc(Br)cs2)cn1. The van der Waals surface area contributed by atoms with Gasteiger partial charge in [0.1, 0.15) is 5.82 Å². The van der Waals surface area contributed by atoms with Crippen LogP contribution in [-0.2, 0) is 13.1 Å². The van der Waals surface area contributed by atoms with Gasteiger partial charge in [-0.05, 0) is 35.5 Å². The van der Waals surface area contributed by atoms with Gasteiger partial charge < -0.3 is 5.32 Å². The highest BCUT2D eigenvalue weighted by atomic mass is 79.9. The molecular weight excluding hydrogens is 336 g/mol. The number of halogens is 1. The number of anilines is 1. The van der Waals surface area contributed by atoms with Gasteiger partial charge in [0, 0.05) is 34.4 Å². The zero-order chi connectivity index (χ0) is 14.4. The molecule has 0 aliphatic heterocycles. The lowest BCUT2D eigenvalue weighted by molar-refractivity contribution is 0.317. The number of nitrogens with zero attached hydrogens (tertiary/aromatic N) is 3. The van der Waals surface area contributed by atoms with Crippen LogP contribution >= 0.6 is 27.3 Å². The van der Waals surface area contributed by atoms with Crippen molar-refractivity contribution in [2.75, 3.05) is 18.9 Å². The van der Waals surface area contributed by atoms with Gasteiger partial charge in [-0.1, -0.05) is 6.92 Å². The largest absolute Gasteiger partial charge is 0.369 e. The Morgan fingerprint density at radius 2 is 2.15 bits per heavy atom. The number of hydrogen-bond donors (Lipinski definition) is 1. The van der Waals surface area contributed by atoms with Gasteiger partial charge >= 0.3 is 0 Å². The molecule has 0 radical (unpaired) electrons. The molecule has 108 valence electrons. The normalized spacial score (nSPS) is 11.0. The Hall–Kier alpha value is -0.980. The Morgan fingerprint density at radius 3 is 2.75 bits per heavy atom. The van der Waals surface area contributed by atoms with Crippen LogP contribution in [0.15, 0.2) is 28.3 Å². The molecule has 0 aliphatic rings. The molecule has 0 unspecified atom stereocenters. The van der Waals surface area contributed by atoms with Crippen molar-refractivity contribution >= 4 is 33.1 Å². The highest BCUT2D eigenvalue weighted by Gasteiger charge is 2.05. The first-order valence-electron chi connectivity index (χ1n) is 6.63. The molecule has 0 amide bonds. The van der Waals surface area contributed by atoms with Crippen LogP contribution in [0.25, 0.3) is 0 Å². The summed E-state index contributed by atoms with van der Waals surface area (Å²) in [4.78, 5) is 12.4. The summed E-state index contributed by atoms with van der Waals surface area (Å²) >= 11 is 5.25. The first kappa shape index (κ1) is 15.4. The van der Waals surface area contributed by atoms with Crippen LogP contribution in [0.3, 0.4) is 0 Å². The number of nitrogens with one attached hydrogen (secondary N) is 1.